The molecule has 0 bridgehead atoms. The third-order valence-corrected chi connectivity index (χ3v) is 5.17. The maximum atomic E-state index is 13.5. The number of carbonyl (C=O) groups excluding carboxylic acids is 2. The standard InChI is InChI=1S/C22H20ClN3O3/c1-22(2,3)26-11-13-6-4-5-7-15(13)19(21(26)29)25-12-18(27)24-17-10-14(23)8-9-16(17)20(25)28/h4-11H,12H2,1-3H3,(H,24,27). The third kappa shape index (κ3) is 3.29. The number of halogens is 1. The van der Waals surface area contributed by atoms with Crippen LogP contribution < -0.4 is 15.8 Å². The molecule has 6 nitrogen and oxygen atoms in total. The number of pyridine rings is 1. The van der Waals surface area contributed by atoms with E-state index in [1.54, 1.807) is 29.0 Å². The fourth-order valence-electron chi connectivity index (χ4n) is 3.55. The topological polar surface area (TPSA) is 71.4 Å². The lowest BCUT2D eigenvalue weighted by Crippen LogP contribution is -2.42. The lowest BCUT2D eigenvalue weighted by Gasteiger charge is -2.27. The summed E-state index contributed by atoms with van der Waals surface area (Å²) in [5, 5.41) is 4.55. The van der Waals surface area contributed by atoms with E-state index in [9.17, 15) is 14.4 Å². The number of amides is 2. The molecule has 7 heteroatoms. The van der Waals surface area contributed by atoms with E-state index in [1.165, 1.54) is 11.0 Å². The lowest BCUT2D eigenvalue weighted by molar-refractivity contribution is -0.114. The molecule has 0 radical (unpaired) electrons. The smallest absolute Gasteiger partial charge is 0.275 e. The van der Waals surface area contributed by atoms with Crippen molar-refractivity contribution in [3.05, 3.63) is 69.6 Å². The van der Waals surface area contributed by atoms with E-state index in [0.29, 0.717) is 16.1 Å². The van der Waals surface area contributed by atoms with Gasteiger partial charge in [0.1, 0.15) is 12.2 Å². The zero-order chi connectivity index (χ0) is 20.9. The summed E-state index contributed by atoms with van der Waals surface area (Å²) in [6.45, 7) is 5.49. The molecular formula is C22H20ClN3O3. The second-order valence-corrected chi connectivity index (χ2v) is 8.48. The minimum absolute atomic E-state index is 0.195. The van der Waals surface area contributed by atoms with Crippen molar-refractivity contribution >= 4 is 45.6 Å². The number of benzene rings is 2. The lowest BCUT2D eigenvalue weighted by atomic mass is 10.0. The molecule has 1 aliphatic rings. The molecule has 1 aromatic heterocycles. The van der Waals surface area contributed by atoms with Crippen LogP contribution in [-0.2, 0) is 10.3 Å². The van der Waals surface area contributed by atoms with Gasteiger partial charge in [0.25, 0.3) is 11.5 Å². The first kappa shape index (κ1) is 19.2. The molecule has 0 unspecified atom stereocenters. The van der Waals surface area contributed by atoms with Crippen molar-refractivity contribution in [2.75, 3.05) is 16.8 Å². The summed E-state index contributed by atoms with van der Waals surface area (Å²) in [6.07, 6.45) is 1.79. The molecule has 1 aliphatic heterocycles. The molecular weight excluding hydrogens is 390 g/mol. The number of nitrogens with zero attached hydrogens (tertiary/aromatic N) is 2. The summed E-state index contributed by atoms with van der Waals surface area (Å²) in [4.78, 5) is 40.7. The molecule has 2 aromatic carbocycles. The molecule has 148 valence electrons. The Morgan fingerprint density at radius 3 is 2.48 bits per heavy atom. The first-order valence-electron chi connectivity index (χ1n) is 9.23. The van der Waals surface area contributed by atoms with E-state index in [1.807, 2.05) is 39.0 Å². The van der Waals surface area contributed by atoms with Gasteiger partial charge in [-0.3, -0.25) is 19.3 Å². The van der Waals surface area contributed by atoms with E-state index in [-0.39, 0.29) is 23.4 Å². The molecule has 0 spiro atoms. The number of aromatic nitrogens is 1. The van der Waals surface area contributed by atoms with Gasteiger partial charge in [-0.1, -0.05) is 35.9 Å². The normalized spacial score (nSPS) is 14.6. The SMILES string of the molecule is CC(C)(C)n1cc2ccccc2c(N2CC(=O)Nc3cc(Cl)ccc3C2=O)c1=O. The Bertz CT molecular complexity index is 1220. The summed E-state index contributed by atoms with van der Waals surface area (Å²) in [5.74, 6) is -0.821. The zero-order valence-corrected chi connectivity index (χ0v) is 17.1. The first-order chi connectivity index (χ1) is 13.7. The van der Waals surface area contributed by atoms with Crippen LogP contribution in [0.15, 0.2) is 53.5 Å². The van der Waals surface area contributed by atoms with E-state index in [2.05, 4.69) is 5.32 Å². The van der Waals surface area contributed by atoms with Crippen LogP contribution in [0.25, 0.3) is 10.8 Å². The van der Waals surface area contributed by atoms with Gasteiger partial charge in [0.15, 0.2) is 0 Å². The van der Waals surface area contributed by atoms with Gasteiger partial charge in [-0.25, -0.2) is 0 Å². The second-order valence-electron chi connectivity index (χ2n) is 8.04. The Morgan fingerprint density at radius 2 is 1.76 bits per heavy atom. The highest BCUT2D eigenvalue weighted by Gasteiger charge is 2.31. The summed E-state index contributed by atoms with van der Waals surface area (Å²) < 4.78 is 1.60. The molecule has 0 aliphatic carbocycles. The monoisotopic (exact) mass is 409 g/mol. The minimum atomic E-state index is -0.502. The molecule has 29 heavy (non-hydrogen) atoms. The highest BCUT2D eigenvalue weighted by Crippen LogP contribution is 2.30. The number of rotatable bonds is 1. The predicted octanol–water partition coefficient (Wildman–Crippen LogP) is 4.01. The van der Waals surface area contributed by atoms with Crippen molar-refractivity contribution in [2.24, 2.45) is 0 Å². The zero-order valence-electron chi connectivity index (χ0n) is 16.3. The summed E-state index contributed by atoms with van der Waals surface area (Å²) in [5.41, 5.74) is -0.00430. The van der Waals surface area contributed by atoms with Gasteiger partial charge in [0.05, 0.1) is 11.3 Å². The van der Waals surface area contributed by atoms with E-state index >= 15 is 0 Å². The quantitative estimate of drug-likeness (QED) is 0.660. The van der Waals surface area contributed by atoms with Crippen LogP contribution in [-0.4, -0.2) is 22.9 Å². The van der Waals surface area contributed by atoms with Crippen LogP contribution in [0.1, 0.15) is 31.1 Å². The molecule has 0 fully saturated rings. The van der Waals surface area contributed by atoms with Gasteiger partial charge in [-0.05, 0) is 39.0 Å². The van der Waals surface area contributed by atoms with Gasteiger partial charge in [-0.2, -0.15) is 0 Å². The van der Waals surface area contributed by atoms with E-state index in [4.69, 9.17) is 11.6 Å². The fraction of sp³-hybridized carbons (Fsp3) is 0.227. The van der Waals surface area contributed by atoms with Gasteiger partial charge < -0.3 is 9.88 Å². The Balaban J connectivity index is 2.02. The van der Waals surface area contributed by atoms with Crippen LogP contribution in [0.3, 0.4) is 0 Å². The highest BCUT2D eigenvalue weighted by atomic mass is 35.5. The Hall–Kier alpha value is -3.12. The Morgan fingerprint density at radius 1 is 1.03 bits per heavy atom. The number of hydrogen-bond donors (Lipinski definition) is 1. The molecule has 2 amide bonds. The van der Waals surface area contributed by atoms with Gasteiger partial charge in [-0.15, -0.1) is 0 Å². The van der Waals surface area contributed by atoms with Gasteiger partial charge in [0.2, 0.25) is 5.91 Å². The number of nitrogens with one attached hydrogen (secondary N) is 1. The summed E-state index contributed by atoms with van der Waals surface area (Å²) >= 11 is 6.02. The maximum absolute atomic E-state index is 13.5. The van der Waals surface area contributed by atoms with Crippen LogP contribution in [0.2, 0.25) is 5.02 Å². The molecule has 0 atom stereocenters. The number of fused-ring (bicyclic) bond motifs is 2. The first-order valence-corrected chi connectivity index (χ1v) is 9.61. The van der Waals surface area contributed by atoms with E-state index in [0.717, 1.165) is 5.39 Å². The largest absolute Gasteiger partial charge is 0.324 e. The van der Waals surface area contributed by atoms with Crippen molar-refractivity contribution in [1.29, 1.82) is 0 Å². The average Bonchev–Trinajstić information content (AvgIpc) is 2.76. The number of carbonyl (C=O) groups is 2. The average molecular weight is 410 g/mol. The van der Waals surface area contributed by atoms with Crippen molar-refractivity contribution in [1.82, 2.24) is 4.57 Å². The molecule has 1 N–H and O–H groups in total. The summed E-state index contributed by atoms with van der Waals surface area (Å²) in [6, 6.07) is 12.0. The third-order valence-electron chi connectivity index (χ3n) is 4.93. The second kappa shape index (κ2) is 6.74. The summed E-state index contributed by atoms with van der Waals surface area (Å²) in [7, 11) is 0. The van der Waals surface area contributed by atoms with Crippen LogP contribution >= 0.6 is 11.6 Å². The molecule has 2 heterocycles. The number of hydrogen-bond acceptors (Lipinski definition) is 3. The molecule has 0 saturated heterocycles. The fourth-order valence-corrected chi connectivity index (χ4v) is 3.72. The Labute approximate surface area is 172 Å². The van der Waals surface area contributed by atoms with Crippen LogP contribution in [0.5, 0.6) is 0 Å². The van der Waals surface area contributed by atoms with Gasteiger partial charge >= 0.3 is 0 Å². The van der Waals surface area contributed by atoms with Crippen molar-refractivity contribution in [2.45, 2.75) is 26.3 Å². The predicted molar refractivity (Wildman–Crippen MR) is 115 cm³/mol. The van der Waals surface area contributed by atoms with Crippen molar-refractivity contribution in [3.8, 4) is 0 Å². The molecule has 4 rings (SSSR count). The number of anilines is 2. The Kier molecular flexibility index (Phi) is 4.46. The highest BCUT2D eigenvalue weighted by molar-refractivity contribution is 6.31. The van der Waals surface area contributed by atoms with Crippen molar-refractivity contribution < 1.29 is 9.59 Å². The van der Waals surface area contributed by atoms with Gasteiger partial charge in [0, 0.05) is 27.5 Å². The minimum Gasteiger partial charge on any atom is -0.324 e. The van der Waals surface area contributed by atoms with Crippen LogP contribution in [0, 0.1) is 0 Å². The molecule has 0 saturated carbocycles. The van der Waals surface area contributed by atoms with E-state index < -0.39 is 17.4 Å². The molecule has 3 aromatic rings. The van der Waals surface area contributed by atoms with Crippen LogP contribution in [0.4, 0.5) is 11.4 Å². The maximum Gasteiger partial charge on any atom is 0.275 e. The van der Waals surface area contributed by atoms with Crippen molar-refractivity contribution in [3.63, 3.8) is 0 Å².